The molecular weight excluding hydrogens is 468 g/mol. The second-order valence-electron chi connectivity index (χ2n) is 7.58. The van der Waals surface area contributed by atoms with Crippen LogP contribution in [-0.2, 0) is 20.0 Å². The Bertz CT molecular complexity index is 1240. The minimum atomic E-state index is -3.90. The average molecular weight is 488 g/mol. The van der Waals surface area contributed by atoms with E-state index in [9.17, 15) is 47.5 Å². The summed E-state index contributed by atoms with van der Waals surface area (Å²) in [6, 6.07) is 3.63. The fourth-order valence-electron chi connectivity index (χ4n) is 3.83. The van der Waals surface area contributed by atoms with Crippen molar-refractivity contribution in [2.24, 2.45) is 0 Å². The molecule has 0 aliphatic heterocycles. The largest absolute Gasteiger partial charge is 0.851 e. The van der Waals surface area contributed by atoms with Gasteiger partial charge in [0.15, 0.2) is 0 Å². The van der Waals surface area contributed by atoms with Crippen molar-refractivity contribution in [3.63, 3.8) is 0 Å². The van der Waals surface area contributed by atoms with Crippen LogP contribution in [0.3, 0.4) is 0 Å². The molecule has 1 aliphatic rings. The van der Waals surface area contributed by atoms with Crippen molar-refractivity contribution >= 4 is 31.4 Å². The van der Waals surface area contributed by atoms with Crippen LogP contribution in [0.5, 0.6) is 23.0 Å². The van der Waals surface area contributed by atoms with Gasteiger partial charge in [-0.15, -0.1) is 12.2 Å². The quantitative estimate of drug-likeness (QED) is 0.279. The highest BCUT2D eigenvalue weighted by Crippen LogP contribution is 2.54. The maximum Gasteiger partial charge on any atom is 0.229 e. The van der Waals surface area contributed by atoms with Crippen LogP contribution in [0.2, 0.25) is 0 Å². The summed E-state index contributed by atoms with van der Waals surface area (Å²) < 4.78 is 50.0. The Balaban J connectivity index is 2.00. The third-order valence-corrected chi connectivity index (χ3v) is 6.16. The number of rotatable bonds is 6. The number of phenolic OH excluding ortho intramolecular Hbond substituents is 4. The van der Waals surface area contributed by atoms with Crippen molar-refractivity contribution in [3.8, 4) is 23.0 Å². The lowest BCUT2D eigenvalue weighted by Gasteiger charge is -2.61. The molecule has 3 rings (SSSR count). The predicted molar refractivity (Wildman–Crippen MR) is 110 cm³/mol. The Morgan fingerprint density at radius 3 is 1.62 bits per heavy atom. The summed E-state index contributed by atoms with van der Waals surface area (Å²) in [4.78, 5) is 0. The number of nitrogens with one attached hydrogen (secondary N) is 2. The zero-order valence-electron chi connectivity index (χ0n) is 16.7. The Hall–Kier alpha value is -2.94. The summed E-state index contributed by atoms with van der Waals surface area (Å²) in [7, 11) is -7.63. The van der Waals surface area contributed by atoms with E-state index in [1.54, 1.807) is 0 Å². The lowest BCUT2D eigenvalue weighted by molar-refractivity contribution is -0.536. The van der Waals surface area contributed by atoms with E-state index in [0.29, 0.717) is 0 Å². The minimum absolute atomic E-state index is 0.192. The standard InChI is InChI=1S/C18H20N2O10S2/c1-31(27,28)19-7-3-10(22)14(11(23)4-7)16-17(25)15(18(16)26)13-9(20-32(2,29)30)5-8(21)6-12(13)24/h3-6,15-24H,1-2H3/q-2. The van der Waals surface area contributed by atoms with Gasteiger partial charge in [-0.05, 0) is 11.8 Å². The zero-order valence-corrected chi connectivity index (χ0v) is 18.3. The first-order chi connectivity index (χ1) is 14.6. The van der Waals surface area contributed by atoms with Crippen molar-refractivity contribution in [2.75, 3.05) is 22.0 Å². The molecule has 6 N–H and O–H groups in total. The second-order valence-corrected chi connectivity index (χ2v) is 11.1. The van der Waals surface area contributed by atoms with Crippen LogP contribution in [0.25, 0.3) is 0 Å². The molecule has 2 aromatic carbocycles. The third kappa shape index (κ3) is 4.62. The van der Waals surface area contributed by atoms with Gasteiger partial charge in [0.2, 0.25) is 20.0 Å². The first kappa shape index (κ1) is 23.7. The number of hydrogen-bond acceptors (Lipinski definition) is 10. The molecule has 12 nitrogen and oxygen atoms in total. The third-order valence-electron chi connectivity index (χ3n) is 4.96. The van der Waals surface area contributed by atoms with Crippen molar-refractivity contribution in [1.82, 2.24) is 0 Å². The molecule has 2 atom stereocenters. The van der Waals surface area contributed by atoms with Crippen molar-refractivity contribution in [3.05, 3.63) is 35.4 Å². The van der Waals surface area contributed by atoms with Crippen molar-refractivity contribution in [2.45, 2.75) is 24.0 Å². The van der Waals surface area contributed by atoms with Crippen LogP contribution in [-0.4, -0.2) is 62.0 Å². The molecule has 0 amide bonds. The molecule has 0 aromatic heterocycles. The maximum absolute atomic E-state index is 12.9. The maximum atomic E-state index is 12.9. The summed E-state index contributed by atoms with van der Waals surface area (Å²) in [6.07, 6.45) is -2.00. The number of hydrogen-bond donors (Lipinski definition) is 6. The molecule has 2 unspecified atom stereocenters. The summed E-state index contributed by atoms with van der Waals surface area (Å²) >= 11 is 0. The minimum Gasteiger partial charge on any atom is -0.851 e. The Morgan fingerprint density at radius 2 is 1.16 bits per heavy atom. The first-order valence-electron chi connectivity index (χ1n) is 8.98. The number of anilines is 2. The number of benzene rings is 2. The van der Waals surface area contributed by atoms with Gasteiger partial charge < -0.3 is 30.6 Å². The van der Waals surface area contributed by atoms with Gasteiger partial charge in [-0.2, -0.15) is 0 Å². The van der Waals surface area contributed by atoms with Gasteiger partial charge >= 0.3 is 0 Å². The van der Waals surface area contributed by atoms with Gasteiger partial charge in [0.05, 0.1) is 23.9 Å². The highest BCUT2D eigenvalue weighted by molar-refractivity contribution is 7.92. The first-order valence-corrected chi connectivity index (χ1v) is 12.8. The predicted octanol–water partition coefficient (Wildman–Crippen LogP) is -1.41. The summed E-state index contributed by atoms with van der Waals surface area (Å²) in [5.74, 6) is -5.52. The number of sulfonamides is 2. The Morgan fingerprint density at radius 1 is 0.719 bits per heavy atom. The highest BCUT2D eigenvalue weighted by Gasteiger charge is 2.43. The van der Waals surface area contributed by atoms with Gasteiger partial charge in [-0.25, -0.2) is 16.8 Å². The molecule has 32 heavy (non-hydrogen) atoms. The SMILES string of the molecule is CS(=O)(=O)Nc1cc(O)c(C2C([O-])C(c3c(O)cc(O)cc3NS(C)(=O)=O)C2[O-])c(O)c1. The molecule has 0 heterocycles. The average Bonchev–Trinajstić information content (AvgIpc) is 2.57. The van der Waals surface area contributed by atoms with E-state index in [2.05, 4.69) is 0 Å². The highest BCUT2D eigenvalue weighted by atomic mass is 32.2. The molecular formula is C18H20N2O10S2-2. The summed E-state index contributed by atoms with van der Waals surface area (Å²) in [6.45, 7) is 0. The molecule has 1 saturated carbocycles. The van der Waals surface area contributed by atoms with Crippen LogP contribution in [0.1, 0.15) is 23.0 Å². The molecule has 1 aliphatic carbocycles. The molecule has 0 radical (unpaired) electrons. The van der Waals surface area contributed by atoms with E-state index in [-0.39, 0.29) is 16.9 Å². The van der Waals surface area contributed by atoms with E-state index in [4.69, 9.17) is 0 Å². The van der Waals surface area contributed by atoms with E-state index in [1.165, 1.54) is 0 Å². The molecule has 14 heteroatoms. The van der Waals surface area contributed by atoms with Crippen molar-refractivity contribution < 1.29 is 47.5 Å². The normalized spacial score (nSPS) is 23.4. The van der Waals surface area contributed by atoms with Gasteiger partial charge in [0, 0.05) is 35.4 Å². The van der Waals surface area contributed by atoms with Crippen LogP contribution in [0, 0.1) is 0 Å². The van der Waals surface area contributed by atoms with Crippen LogP contribution < -0.4 is 19.7 Å². The van der Waals surface area contributed by atoms with Gasteiger partial charge in [0.25, 0.3) is 0 Å². The smallest absolute Gasteiger partial charge is 0.229 e. The molecule has 2 aromatic rings. The Kier molecular flexibility index (Phi) is 5.84. The zero-order chi connectivity index (χ0) is 24.2. The molecule has 0 spiro atoms. The van der Waals surface area contributed by atoms with Crippen molar-refractivity contribution in [1.29, 1.82) is 0 Å². The lowest BCUT2D eigenvalue weighted by Crippen LogP contribution is -2.63. The van der Waals surface area contributed by atoms with Gasteiger partial charge in [-0.1, -0.05) is 0 Å². The Labute approximate surface area is 183 Å². The fourth-order valence-corrected chi connectivity index (χ4v) is 4.94. The van der Waals surface area contributed by atoms with E-state index in [0.717, 1.165) is 36.8 Å². The van der Waals surface area contributed by atoms with Gasteiger partial charge in [0.1, 0.15) is 23.0 Å². The molecule has 1 fully saturated rings. The number of phenols is 4. The number of aromatic hydroxyl groups is 4. The topological polar surface area (TPSA) is 219 Å². The summed E-state index contributed by atoms with van der Waals surface area (Å²) in [5.41, 5.74) is -1.26. The fraction of sp³-hybridized carbons (Fsp3) is 0.333. The van der Waals surface area contributed by atoms with Gasteiger partial charge in [-0.3, -0.25) is 9.44 Å². The molecule has 176 valence electrons. The van der Waals surface area contributed by atoms with Crippen LogP contribution >= 0.6 is 0 Å². The lowest BCUT2D eigenvalue weighted by atomic mass is 9.62. The van der Waals surface area contributed by atoms with E-state index >= 15 is 0 Å². The second kappa shape index (κ2) is 7.88. The van der Waals surface area contributed by atoms with Crippen LogP contribution in [0.4, 0.5) is 11.4 Å². The van der Waals surface area contributed by atoms with E-state index < -0.39 is 72.7 Å². The van der Waals surface area contributed by atoms with E-state index in [1.807, 2.05) is 9.44 Å². The summed E-state index contributed by atoms with van der Waals surface area (Å²) in [5, 5.41) is 66.3. The molecule has 0 bridgehead atoms. The molecule has 0 saturated heterocycles. The monoisotopic (exact) mass is 488 g/mol. The van der Waals surface area contributed by atoms with Crippen LogP contribution in [0.15, 0.2) is 24.3 Å².